The van der Waals surface area contributed by atoms with Crippen LogP contribution in [0.2, 0.25) is 0 Å². The topological polar surface area (TPSA) is 176 Å². The Morgan fingerprint density at radius 1 is 1.28 bits per heavy atom. The molecule has 0 bridgehead atoms. The summed E-state index contributed by atoms with van der Waals surface area (Å²) in [6.07, 6.45) is -2.08. The van der Waals surface area contributed by atoms with Crippen molar-refractivity contribution < 1.29 is 46.9 Å². The molecule has 0 aliphatic carbocycles. The minimum absolute atomic E-state index is 0.0470. The average molecular weight is 589 g/mol. The Bertz CT molecular complexity index is 1040. The number of nitrogens with zero attached hydrogens (tertiary/aromatic N) is 1. The third kappa shape index (κ3) is 8.84. The highest BCUT2D eigenvalue weighted by Gasteiger charge is 2.53. The second-order valence-corrected chi connectivity index (χ2v) is 11.6. The summed E-state index contributed by atoms with van der Waals surface area (Å²) < 4.78 is 40.7. The maximum atomic E-state index is 13.1. The molecule has 2 rings (SSSR count). The molecule has 2 heterocycles. The Balaban J connectivity index is 2.06. The number of aromatic nitrogens is 2. The molecule has 1 aromatic heterocycles. The van der Waals surface area contributed by atoms with Crippen molar-refractivity contribution >= 4 is 54.1 Å². The highest BCUT2D eigenvalue weighted by molar-refractivity contribution is 8.13. The molecular weight excluding hydrogens is 559 g/mol. The normalized spacial score (nSPS) is 25.5. The van der Waals surface area contributed by atoms with E-state index in [1.54, 1.807) is 13.8 Å². The van der Waals surface area contributed by atoms with Gasteiger partial charge in [-0.2, -0.15) is 0 Å². The fourth-order valence-corrected chi connectivity index (χ4v) is 5.35. The molecule has 13 nitrogen and oxygen atoms in total. The van der Waals surface area contributed by atoms with Gasteiger partial charge >= 0.3 is 7.82 Å². The molecule has 0 amide bonds. The van der Waals surface area contributed by atoms with Crippen molar-refractivity contribution in [3.8, 4) is 0 Å². The van der Waals surface area contributed by atoms with Gasteiger partial charge in [0, 0.05) is 30.9 Å². The fraction of sp³-hybridized carbons (Fsp3) is 0.684. The van der Waals surface area contributed by atoms with Crippen LogP contribution in [-0.2, 0) is 36.6 Å². The van der Waals surface area contributed by atoms with Gasteiger partial charge in [-0.05, 0) is 19.1 Å². The number of aliphatic hydroxyl groups excluding tert-OH is 1. The third-order valence-electron chi connectivity index (χ3n) is 4.84. The Morgan fingerprint density at radius 2 is 1.97 bits per heavy atom. The first-order valence-electron chi connectivity index (χ1n) is 10.8. The van der Waals surface area contributed by atoms with Crippen LogP contribution < -0.4 is 5.56 Å². The minimum Gasteiger partial charge on any atom is -0.387 e. The number of carbonyl (C=O) groups excluding carboxylic acids is 2. The van der Waals surface area contributed by atoms with Crippen LogP contribution in [0.3, 0.4) is 0 Å². The number of carbonyl (C=O) groups is 2. The summed E-state index contributed by atoms with van der Waals surface area (Å²) in [5.41, 5.74) is -2.32. The van der Waals surface area contributed by atoms with Crippen LogP contribution in [0, 0.1) is 4.77 Å². The van der Waals surface area contributed by atoms with Crippen LogP contribution in [-0.4, -0.2) is 73.6 Å². The van der Waals surface area contributed by atoms with E-state index in [9.17, 15) is 29.2 Å². The standard InChI is InChI=1S/C19H29N2O11PS3/c1-4-14(23)35-9-8-28-33(27,30-11-31-36-15(24)5-2)29-10-12-16(25)19(3,26)17(32-12)21-7-6-13(22)20-18(21)34/h6-7,12,16-17,25-26H,4-5,8-11H2,1-3H3,(H,20,22,34)/t12-,16+,17-,19?,33?/m1/s1. The second kappa shape index (κ2) is 14.3. The van der Waals surface area contributed by atoms with E-state index in [0.717, 1.165) is 11.8 Å². The van der Waals surface area contributed by atoms with E-state index in [-0.39, 0.29) is 33.8 Å². The van der Waals surface area contributed by atoms with Crippen molar-refractivity contribution in [3.05, 3.63) is 27.4 Å². The number of aromatic amines is 1. The molecule has 1 aromatic rings. The predicted molar refractivity (Wildman–Crippen MR) is 134 cm³/mol. The monoisotopic (exact) mass is 588 g/mol. The zero-order valence-corrected chi connectivity index (χ0v) is 23.2. The third-order valence-corrected chi connectivity index (χ3v) is 8.21. The molecule has 36 heavy (non-hydrogen) atoms. The van der Waals surface area contributed by atoms with Crippen molar-refractivity contribution in [2.75, 3.05) is 25.8 Å². The molecule has 2 unspecified atom stereocenters. The van der Waals surface area contributed by atoms with E-state index < -0.39 is 50.8 Å². The van der Waals surface area contributed by atoms with Gasteiger partial charge in [-0.3, -0.25) is 41.7 Å². The SMILES string of the molecule is CCC(=O)SCCOP(=O)(OCOSC(=O)CC)OC[C@H]1O[C@@H](n2ccc(=O)[nH]c2=S)C(C)(O)[C@H]1O. The first-order valence-corrected chi connectivity index (χ1v) is 14.4. The van der Waals surface area contributed by atoms with Crippen molar-refractivity contribution in [3.63, 3.8) is 0 Å². The first kappa shape index (κ1) is 31.3. The van der Waals surface area contributed by atoms with E-state index >= 15 is 0 Å². The summed E-state index contributed by atoms with van der Waals surface area (Å²) >= 11 is 6.61. The summed E-state index contributed by atoms with van der Waals surface area (Å²) in [5, 5.41) is 21.1. The molecule has 1 aliphatic rings. The number of H-pyrrole nitrogens is 1. The molecule has 0 aromatic carbocycles. The van der Waals surface area contributed by atoms with Crippen molar-refractivity contribution in [2.45, 2.75) is 57.6 Å². The fourth-order valence-electron chi connectivity index (χ4n) is 2.91. The predicted octanol–water partition coefficient (Wildman–Crippen LogP) is 2.30. The lowest BCUT2D eigenvalue weighted by molar-refractivity contribution is -0.111. The van der Waals surface area contributed by atoms with Crippen LogP contribution in [0.5, 0.6) is 0 Å². The molecule has 1 fully saturated rings. The van der Waals surface area contributed by atoms with E-state index in [2.05, 4.69) is 4.98 Å². The van der Waals surface area contributed by atoms with Crippen LogP contribution in [0.4, 0.5) is 0 Å². The van der Waals surface area contributed by atoms with Gasteiger partial charge in [-0.1, -0.05) is 25.6 Å². The molecule has 3 N–H and O–H groups in total. The quantitative estimate of drug-likeness (QED) is 0.0948. The number of thioether (sulfide) groups is 1. The number of phosphoric ester groups is 1. The van der Waals surface area contributed by atoms with E-state index in [1.807, 2.05) is 0 Å². The Hall–Kier alpha value is -0.910. The minimum atomic E-state index is -4.31. The lowest BCUT2D eigenvalue weighted by Crippen LogP contribution is -2.44. The number of ether oxygens (including phenoxy) is 1. The van der Waals surface area contributed by atoms with Gasteiger partial charge in [0.2, 0.25) is 5.12 Å². The van der Waals surface area contributed by atoms with Crippen LogP contribution in [0.1, 0.15) is 39.8 Å². The summed E-state index contributed by atoms with van der Waals surface area (Å²) in [5.74, 6) is 0.178. The molecule has 1 saturated heterocycles. The number of aliphatic hydroxyl groups is 2. The van der Waals surface area contributed by atoms with Crippen molar-refractivity contribution in [1.82, 2.24) is 9.55 Å². The average Bonchev–Trinajstić information content (AvgIpc) is 3.06. The zero-order chi connectivity index (χ0) is 26.9. The second-order valence-electron chi connectivity index (χ2n) is 7.54. The lowest BCUT2D eigenvalue weighted by Gasteiger charge is -2.28. The first-order chi connectivity index (χ1) is 16.9. The summed E-state index contributed by atoms with van der Waals surface area (Å²) in [6.45, 7) is 3.32. The van der Waals surface area contributed by atoms with Gasteiger partial charge in [-0.15, -0.1) is 0 Å². The molecule has 0 spiro atoms. The molecule has 0 saturated carbocycles. The Labute approximate surface area is 221 Å². The van der Waals surface area contributed by atoms with Gasteiger partial charge in [0.25, 0.3) is 5.56 Å². The van der Waals surface area contributed by atoms with Gasteiger partial charge in [0.05, 0.1) is 25.3 Å². The molecular formula is C19H29N2O11PS3. The lowest BCUT2D eigenvalue weighted by atomic mass is 9.96. The van der Waals surface area contributed by atoms with Crippen molar-refractivity contribution in [2.24, 2.45) is 0 Å². The molecule has 0 radical (unpaired) electrons. The molecule has 204 valence electrons. The maximum absolute atomic E-state index is 13.1. The maximum Gasteiger partial charge on any atom is 0.477 e. The van der Waals surface area contributed by atoms with E-state index in [1.165, 1.54) is 23.8 Å². The van der Waals surface area contributed by atoms with Crippen LogP contribution in [0.15, 0.2) is 17.1 Å². The molecule has 5 atom stereocenters. The smallest absolute Gasteiger partial charge is 0.387 e. The van der Waals surface area contributed by atoms with Gasteiger partial charge in [0.15, 0.2) is 22.9 Å². The van der Waals surface area contributed by atoms with Crippen molar-refractivity contribution in [1.29, 1.82) is 0 Å². The zero-order valence-electron chi connectivity index (χ0n) is 19.8. The summed E-state index contributed by atoms with van der Waals surface area (Å²) in [7, 11) is -4.31. The number of hydrogen-bond donors (Lipinski definition) is 3. The summed E-state index contributed by atoms with van der Waals surface area (Å²) in [4.78, 5) is 36.7. The number of phosphoric acid groups is 1. The highest BCUT2D eigenvalue weighted by Crippen LogP contribution is 2.51. The van der Waals surface area contributed by atoms with Gasteiger partial charge in [0.1, 0.15) is 17.8 Å². The largest absolute Gasteiger partial charge is 0.477 e. The Kier molecular flexibility index (Phi) is 12.4. The molecule has 17 heteroatoms. The number of rotatable bonds is 14. The van der Waals surface area contributed by atoms with Crippen LogP contribution >= 0.6 is 43.8 Å². The summed E-state index contributed by atoms with van der Waals surface area (Å²) in [6, 6.07) is 1.17. The Morgan fingerprint density at radius 3 is 2.61 bits per heavy atom. The van der Waals surface area contributed by atoms with Crippen LogP contribution in [0.25, 0.3) is 0 Å². The number of hydrogen-bond acceptors (Lipinski definition) is 14. The van der Waals surface area contributed by atoms with Gasteiger partial charge < -0.3 is 14.9 Å². The van der Waals surface area contributed by atoms with Gasteiger partial charge in [-0.25, -0.2) is 4.57 Å². The highest BCUT2D eigenvalue weighted by atomic mass is 32.2. The van der Waals surface area contributed by atoms with E-state index in [0.29, 0.717) is 18.5 Å². The molecule has 1 aliphatic heterocycles. The number of nitrogens with one attached hydrogen (secondary N) is 1. The van der Waals surface area contributed by atoms with E-state index in [4.69, 9.17) is 34.7 Å².